The molecule has 0 aromatic carbocycles. The fourth-order valence-corrected chi connectivity index (χ4v) is 3.54. The molecule has 0 aliphatic rings. The molecule has 7 N–H and O–H groups in total. The van der Waals surface area contributed by atoms with Crippen LogP contribution in [0.5, 0.6) is 0 Å². The number of hydrogen-bond donors (Lipinski definition) is 7. The van der Waals surface area contributed by atoms with Crippen LogP contribution in [0.4, 0.5) is 0 Å². The molecule has 0 fully saturated rings. The first-order chi connectivity index (χ1) is 7.44. The van der Waals surface area contributed by atoms with Gasteiger partial charge in [0.05, 0.1) is 5.25 Å². The number of aliphatic hydroxyl groups excluding tert-OH is 1. The Kier molecular flexibility index (Phi) is 6.19. The van der Waals surface area contributed by atoms with Gasteiger partial charge in [0.25, 0.3) is 11.9 Å². The molecule has 104 valence electrons. The summed E-state index contributed by atoms with van der Waals surface area (Å²) in [4.78, 5) is 0. The van der Waals surface area contributed by atoms with Gasteiger partial charge in [-0.05, 0) is 20.3 Å². The average Bonchev–Trinajstić information content (AvgIpc) is 2.11. The van der Waals surface area contributed by atoms with E-state index in [9.17, 15) is 0 Å². The first-order valence-electron chi connectivity index (χ1n) is 4.73. The smallest absolute Gasteiger partial charge is 0.291 e. The Hall–Kier alpha value is 0.420. The quantitative estimate of drug-likeness (QED) is 0.213. The van der Waals surface area contributed by atoms with Crippen molar-refractivity contribution in [2.45, 2.75) is 42.2 Å². The molecular formula is C8H18O7S2. The van der Waals surface area contributed by atoms with E-state index < -0.39 is 28.6 Å². The first-order valence-corrected chi connectivity index (χ1v) is 6.95. The van der Waals surface area contributed by atoms with Gasteiger partial charge in [0.15, 0.2) is 0 Å². The Morgan fingerprint density at radius 3 is 1.82 bits per heavy atom. The molecular weight excluding hydrogens is 272 g/mol. The minimum atomic E-state index is -3.05. The van der Waals surface area contributed by atoms with Gasteiger partial charge in [-0.2, -0.15) is 0 Å². The Bertz CT molecular complexity index is 237. The minimum Gasteiger partial charge on any atom is -0.396 e. The van der Waals surface area contributed by atoms with E-state index >= 15 is 0 Å². The zero-order valence-corrected chi connectivity index (χ0v) is 11.1. The Morgan fingerprint density at radius 1 is 1.06 bits per heavy atom. The summed E-state index contributed by atoms with van der Waals surface area (Å²) in [5, 5.41) is 61.8. The SMILES string of the molecule is CC(SSC(C)(CCO)C(O)(O)O)C(O)(O)O. The molecule has 0 radical (unpaired) electrons. The third-order valence-electron chi connectivity index (χ3n) is 2.22. The van der Waals surface area contributed by atoms with Crippen LogP contribution in [0.25, 0.3) is 0 Å². The van der Waals surface area contributed by atoms with Gasteiger partial charge in [0, 0.05) is 6.61 Å². The van der Waals surface area contributed by atoms with E-state index in [0.717, 1.165) is 21.6 Å². The van der Waals surface area contributed by atoms with Crippen molar-refractivity contribution in [1.82, 2.24) is 0 Å². The second kappa shape index (κ2) is 6.04. The number of hydrogen-bond acceptors (Lipinski definition) is 9. The molecule has 0 bridgehead atoms. The zero-order chi connectivity index (χ0) is 13.9. The molecule has 0 aromatic heterocycles. The maximum absolute atomic E-state index is 9.16. The molecule has 0 heterocycles. The van der Waals surface area contributed by atoms with Gasteiger partial charge in [-0.15, -0.1) is 0 Å². The zero-order valence-electron chi connectivity index (χ0n) is 9.44. The summed E-state index contributed by atoms with van der Waals surface area (Å²) < 4.78 is -1.55. The van der Waals surface area contributed by atoms with E-state index in [1.54, 1.807) is 0 Å². The van der Waals surface area contributed by atoms with Gasteiger partial charge in [0.1, 0.15) is 4.75 Å². The standard InChI is InChI=1S/C8H18O7S2/c1-5(7(10,11)12)16-17-6(2,3-4-9)8(13,14)15/h5,9-15H,3-4H2,1-2H3. The molecule has 0 aliphatic carbocycles. The fraction of sp³-hybridized carbons (Fsp3) is 1.00. The van der Waals surface area contributed by atoms with Gasteiger partial charge in [-0.25, -0.2) is 0 Å². The summed E-state index contributed by atoms with van der Waals surface area (Å²) in [5.74, 6) is -5.96. The lowest BCUT2D eigenvalue weighted by Crippen LogP contribution is -2.50. The second-order valence-corrected chi connectivity index (χ2v) is 6.89. The second-order valence-electron chi connectivity index (χ2n) is 3.85. The third-order valence-corrected chi connectivity index (χ3v) is 6.03. The first kappa shape index (κ1) is 17.4. The molecule has 0 rings (SSSR count). The molecule has 2 atom stereocenters. The van der Waals surface area contributed by atoms with Gasteiger partial charge in [-0.1, -0.05) is 21.6 Å². The van der Waals surface area contributed by atoms with Crippen molar-refractivity contribution in [3.63, 3.8) is 0 Å². The van der Waals surface area contributed by atoms with Crippen molar-refractivity contribution >= 4 is 21.6 Å². The van der Waals surface area contributed by atoms with Crippen LogP contribution in [0.1, 0.15) is 20.3 Å². The summed E-state index contributed by atoms with van der Waals surface area (Å²) in [6.07, 6.45) is -0.143. The highest BCUT2D eigenvalue weighted by atomic mass is 33.1. The van der Waals surface area contributed by atoms with E-state index in [-0.39, 0.29) is 6.42 Å². The van der Waals surface area contributed by atoms with Crippen molar-refractivity contribution in [2.75, 3.05) is 6.61 Å². The van der Waals surface area contributed by atoms with Crippen molar-refractivity contribution in [3.05, 3.63) is 0 Å². The molecule has 0 aliphatic heterocycles. The summed E-state index contributed by atoms with van der Waals surface area (Å²) >= 11 is 0. The van der Waals surface area contributed by atoms with Crippen LogP contribution in [0.15, 0.2) is 0 Å². The van der Waals surface area contributed by atoms with E-state index in [1.807, 2.05) is 0 Å². The van der Waals surface area contributed by atoms with E-state index in [2.05, 4.69) is 0 Å². The normalized spacial score (nSPS) is 18.9. The van der Waals surface area contributed by atoms with Crippen LogP contribution >= 0.6 is 21.6 Å². The predicted octanol–water partition coefficient (Wildman–Crippen LogP) is -1.84. The molecule has 9 heteroatoms. The van der Waals surface area contributed by atoms with Crippen LogP contribution in [0, 0.1) is 0 Å². The summed E-state index contributed by atoms with van der Waals surface area (Å²) in [7, 11) is 1.45. The third kappa shape index (κ3) is 5.28. The van der Waals surface area contributed by atoms with Gasteiger partial charge in [0.2, 0.25) is 0 Å². The van der Waals surface area contributed by atoms with Crippen molar-refractivity contribution < 1.29 is 35.7 Å². The Morgan fingerprint density at radius 2 is 1.53 bits per heavy atom. The highest BCUT2D eigenvalue weighted by molar-refractivity contribution is 8.77. The number of aliphatic hydroxyl groups is 7. The molecule has 0 amide bonds. The average molecular weight is 290 g/mol. The summed E-state index contributed by atoms with van der Waals surface area (Å²) in [6.45, 7) is 2.18. The monoisotopic (exact) mass is 290 g/mol. The number of rotatable bonds is 7. The van der Waals surface area contributed by atoms with Crippen LogP contribution in [0.3, 0.4) is 0 Å². The lowest BCUT2D eigenvalue weighted by atomic mass is 10.1. The highest BCUT2D eigenvalue weighted by Crippen LogP contribution is 2.46. The lowest BCUT2D eigenvalue weighted by molar-refractivity contribution is -0.329. The molecule has 0 saturated heterocycles. The van der Waals surface area contributed by atoms with E-state index in [0.29, 0.717) is 0 Å². The molecule has 17 heavy (non-hydrogen) atoms. The van der Waals surface area contributed by atoms with Crippen molar-refractivity contribution in [3.8, 4) is 0 Å². The largest absolute Gasteiger partial charge is 0.396 e. The van der Waals surface area contributed by atoms with E-state index in [1.165, 1.54) is 13.8 Å². The molecule has 0 spiro atoms. The van der Waals surface area contributed by atoms with Crippen molar-refractivity contribution in [1.29, 1.82) is 0 Å². The minimum absolute atomic E-state index is 0.143. The topological polar surface area (TPSA) is 142 Å². The molecule has 7 nitrogen and oxygen atoms in total. The van der Waals surface area contributed by atoms with Crippen molar-refractivity contribution in [2.24, 2.45) is 0 Å². The summed E-state index contributed by atoms with van der Waals surface area (Å²) in [6, 6.07) is 0. The molecule has 2 unspecified atom stereocenters. The maximum Gasteiger partial charge on any atom is 0.291 e. The molecule has 0 aromatic rings. The summed E-state index contributed by atoms with van der Waals surface area (Å²) in [5.41, 5.74) is 0. The van der Waals surface area contributed by atoms with Crippen LogP contribution in [-0.4, -0.2) is 64.3 Å². The fourth-order valence-electron chi connectivity index (χ4n) is 0.722. The lowest BCUT2D eigenvalue weighted by Gasteiger charge is -2.36. The van der Waals surface area contributed by atoms with Gasteiger partial charge >= 0.3 is 0 Å². The maximum atomic E-state index is 9.16. The van der Waals surface area contributed by atoms with E-state index in [4.69, 9.17) is 35.7 Å². The predicted molar refractivity (Wildman–Crippen MR) is 63.5 cm³/mol. The van der Waals surface area contributed by atoms with Gasteiger partial charge < -0.3 is 35.7 Å². The van der Waals surface area contributed by atoms with Crippen LogP contribution in [-0.2, 0) is 0 Å². The van der Waals surface area contributed by atoms with Gasteiger partial charge in [-0.3, -0.25) is 0 Å². The van der Waals surface area contributed by atoms with Crippen LogP contribution in [0.2, 0.25) is 0 Å². The Balaban J connectivity index is 4.59. The molecule has 0 saturated carbocycles. The van der Waals surface area contributed by atoms with Crippen LogP contribution < -0.4 is 0 Å². The Labute approximate surface area is 106 Å². The highest BCUT2D eigenvalue weighted by Gasteiger charge is 2.46.